The van der Waals surface area contributed by atoms with Gasteiger partial charge in [-0.3, -0.25) is 10.1 Å². The number of hydrogen-bond acceptors (Lipinski definition) is 6. The normalized spacial score (nSPS) is 13.1. The molecule has 0 aliphatic carbocycles. The van der Waals surface area contributed by atoms with Gasteiger partial charge in [0.1, 0.15) is 5.69 Å². The van der Waals surface area contributed by atoms with Crippen molar-refractivity contribution in [2.45, 2.75) is 37.8 Å². The zero-order valence-electron chi connectivity index (χ0n) is 13.0. The van der Waals surface area contributed by atoms with Gasteiger partial charge in [-0.25, -0.2) is 13.1 Å². The Balaban J connectivity index is 3.17. The topological polar surface area (TPSA) is 111 Å². The second-order valence-corrected chi connectivity index (χ2v) is 6.93. The lowest BCUT2D eigenvalue weighted by molar-refractivity contribution is -0.384. The van der Waals surface area contributed by atoms with Crippen LogP contribution in [0.15, 0.2) is 23.1 Å². The summed E-state index contributed by atoms with van der Waals surface area (Å²) in [7, 11) is -2.25. The van der Waals surface area contributed by atoms with Crippen molar-refractivity contribution in [3.8, 4) is 0 Å². The molecule has 2 N–H and O–H groups in total. The van der Waals surface area contributed by atoms with Crippen molar-refractivity contribution >= 4 is 21.4 Å². The Morgan fingerprint density at radius 2 is 1.95 bits per heavy atom. The van der Waals surface area contributed by atoms with E-state index in [1.165, 1.54) is 19.2 Å². The Kier molecular flexibility index (Phi) is 6.27. The minimum Gasteiger partial charge on any atom is -0.383 e. The highest BCUT2D eigenvalue weighted by atomic mass is 32.2. The molecule has 1 rings (SSSR count). The molecule has 1 aromatic rings. The molecule has 0 aliphatic rings. The summed E-state index contributed by atoms with van der Waals surface area (Å²) in [5.41, 5.74) is -0.0485. The first-order valence-electron chi connectivity index (χ1n) is 6.73. The van der Waals surface area contributed by atoms with Crippen LogP contribution in [-0.2, 0) is 14.8 Å². The van der Waals surface area contributed by atoms with Crippen LogP contribution < -0.4 is 10.0 Å². The lowest BCUT2D eigenvalue weighted by atomic mass is 10.2. The molecule has 0 heterocycles. The minimum atomic E-state index is -3.78. The number of benzene rings is 1. The quantitative estimate of drug-likeness (QED) is 0.554. The lowest BCUT2D eigenvalue weighted by Gasteiger charge is -2.15. The highest BCUT2D eigenvalue weighted by molar-refractivity contribution is 7.89. The fourth-order valence-corrected chi connectivity index (χ4v) is 3.16. The molecule has 0 amide bonds. The van der Waals surface area contributed by atoms with E-state index in [1.807, 2.05) is 0 Å². The van der Waals surface area contributed by atoms with Crippen LogP contribution in [0.2, 0.25) is 0 Å². The Bertz CT molecular complexity index is 631. The van der Waals surface area contributed by atoms with E-state index in [4.69, 9.17) is 4.74 Å². The third-order valence-corrected chi connectivity index (χ3v) is 4.34. The average molecular weight is 331 g/mol. The third kappa shape index (κ3) is 4.93. The summed E-state index contributed by atoms with van der Waals surface area (Å²) in [6, 6.07) is 3.31. The molecule has 0 bridgehead atoms. The van der Waals surface area contributed by atoms with Gasteiger partial charge < -0.3 is 10.1 Å². The second-order valence-electron chi connectivity index (χ2n) is 5.21. The molecule has 9 heteroatoms. The smallest absolute Gasteiger partial charge is 0.293 e. The van der Waals surface area contributed by atoms with E-state index in [0.29, 0.717) is 6.61 Å². The van der Waals surface area contributed by atoms with E-state index in [1.54, 1.807) is 20.8 Å². The number of anilines is 1. The van der Waals surface area contributed by atoms with Crippen LogP contribution in [0.4, 0.5) is 11.4 Å². The Morgan fingerprint density at radius 3 is 2.45 bits per heavy atom. The van der Waals surface area contributed by atoms with E-state index < -0.39 is 14.9 Å². The highest BCUT2D eigenvalue weighted by Gasteiger charge is 2.22. The summed E-state index contributed by atoms with van der Waals surface area (Å²) in [6.45, 7) is 5.52. The van der Waals surface area contributed by atoms with Crippen molar-refractivity contribution in [2.75, 3.05) is 19.0 Å². The van der Waals surface area contributed by atoms with Crippen molar-refractivity contribution in [3.05, 3.63) is 28.3 Å². The van der Waals surface area contributed by atoms with E-state index in [0.717, 1.165) is 6.07 Å². The van der Waals surface area contributed by atoms with Gasteiger partial charge in [0.2, 0.25) is 10.0 Å². The summed E-state index contributed by atoms with van der Waals surface area (Å²) in [6.07, 6.45) is 0. The Labute approximate surface area is 130 Å². The molecule has 124 valence electrons. The van der Waals surface area contributed by atoms with Gasteiger partial charge in [-0.05, 0) is 32.9 Å². The molecule has 1 aromatic carbocycles. The molecule has 22 heavy (non-hydrogen) atoms. The van der Waals surface area contributed by atoms with Gasteiger partial charge in [-0.1, -0.05) is 0 Å². The maximum Gasteiger partial charge on any atom is 0.293 e. The Hall–Kier alpha value is -1.71. The summed E-state index contributed by atoms with van der Waals surface area (Å²) in [5, 5.41) is 14.1. The molecular weight excluding hydrogens is 310 g/mol. The van der Waals surface area contributed by atoms with E-state index >= 15 is 0 Å². The van der Waals surface area contributed by atoms with Crippen molar-refractivity contribution in [3.63, 3.8) is 0 Å². The molecular formula is C13H21N3O5S. The van der Waals surface area contributed by atoms with E-state index in [2.05, 4.69) is 10.0 Å². The second kappa shape index (κ2) is 7.52. The third-order valence-electron chi connectivity index (χ3n) is 2.69. The van der Waals surface area contributed by atoms with Crippen LogP contribution >= 0.6 is 0 Å². The summed E-state index contributed by atoms with van der Waals surface area (Å²) in [4.78, 5) is 10.4. The van der Waals surface area contributed by atoms with Crippen molar-refractivity contribution in [2.24, 2.45) is 0 Å². The zero-order chi connectivity index (χ0) is 16.9. The van der Waals surface area contributed by atoms with Gasteiger partial charge >= 0.3 is 0 Å². The fourth-order valence-electron chi connectivity index (χ4n) is 1.89. The van der Waals surface area contributed by atoms with E-state index in [-0.39, 0.29) is 28.4 Å². The molecule has 0 fully saturated rings. The number of sulfonamides is 1. The van der Waals surface area contributed by atoms with Crippen LogP contribution in [0.3, 0.4) is 0 Å². The van der Waals surface area contributed by atoms with Gasteiger partial charge in [0.15, 0.2) is 0 Å². The average Bonchev–Trinajstić information content (AvgIpc) is 2.37. The largest absolute Gasteiger partial charge is 0.383 e. The number of hydrogen-bond donors (Lipinski definition) is 2. The standard InChI is InChI=1S/C13H21N3O5S/c1-9(2)15-22(19,20)11-5-6-12(13(7-11)16(17)18)14-10(3)8-21-4/h5-7,9-10,14-15H,8H2,1-4H3/t10-/m0/s1. The van der Waals surface area contributed by atoms with Crippen molar-refractivity contribution in [1.82, 2.24) is 4.72 Å². The van der Waals surface area contributed by atoms with E-state index in [9.17, 15) is 18.5 Å². The predicted octanol–water partition coefficient (Wildman–Crippen LogP) is 1.73. The van der Waals surface area contributed by atoms with Crippen LogP contribution in [-0.4, -0.2) is 39.1 Å². The van der Waals surface area contributed by atoms with Crippen molar-refractivity contribution < 1.29 is 18.1 Å². The molecule has 0 aromatic heterocycles. The first-order chi connectivity index (χ1) is 10.2. The molecule has 0 spiro atoms. The number of nitro benzene ring substituents is 1. The Morgan fingerprint density at radius 1 is 1.32 bits per heavy atom. The molecule has 8 nitrogen and oxygen atoms in total. The maximum atomic E-state index is 12.1. The van der Waals surface area contributed by atoms with Crippen LogP contribution in [0.1, 0.15) is 20.8 Å². The molecule has 0 saturated heterocycles. The minimum absolute atomic E-state index is 0.141. The van der Waals surface area contributed by atoms with Gasteiger partial charge in [-0.15, -0.1) is 0 Å². The molecule has 0 aliphatic heterocycles. The maximum absolute atomic E-state index is 12.1. The SMILES string of the molecule is COC[C@H](C)Nc1ccc(S(=O)(=O)NC(C)C)cc1[N+](=O)[O-]. The summed E-state index contributed by atoms with van der Waals surface area (Å²) in [5.74, 6) is 0. The van der Waals surface area contributed by atoms with Gasteiger partial charge in [0.25, 0.3) is 5.69 Å². The van der Waals surface area contributed by atoms with Gasteiger partial charge in [0.05, 0.1) is 16.4 Å². The number of nitrogens with zero attached hydrogens (tertiary/aromatic N) is 1. The monoisotopic (exact) mass is 331 g/mol. The predicted molar refractivity (Wildman–Crippen MR) is 83.5 cm³/mol. The van der Waals surface area contributed by atoms with Crippen LogP contribution in [0, 0.1) is 10.1 Å². The summed E-state index contributed by atoms with van der Waals surface area (Å²) < 4.78 is 31.5. The van der Waals surface area contributed by atoms with Crippen LogP contribution in [0.5, 0.6) is 0 Å². The number of nitrogens with one attached hydrogen (secondary N) is 2. The number of methoxy groups -OCH3 is 1. The van der Waals surface area contributed by atoms with Crippen molar-refractivity contribution in [1.29, 1.82) is 0 Å². The highest BCUT2D eigenvalue weighted by Crippen LogP contribution is 2.28. The molecule has 1 atom stereocenters. The molecule has 0 radical (unpaired) electrons. The number of nitro groups is 1. The zero-order valence-corrected chi connectivity index (χ0v) is 13.8. The lowest BCUT2D eigenvalue weighted by Crippen LogP contribution is -2.30. The first-order valence-corrected chi connectivity index (χ1v) is 8.22. The summed E-state index contributed by atoms with van der Waals surface area (Å²) >= 11 is 0. The fraction of sp³-hybridized carbons (Fsp3) is 0.538. The molecule has 0 saturated carbocycles. The first kappa shape index (κ1) is 18.3. The van der Waals surface area contributed by atoms with Gasteiger partial charge in [0, 0.05) is 25.3 Å². The van der Waals surface area contributed by atoms with Crippen LogP contribution in [0.25, 0.3) is 0 Å². The molecule has 0 unspecified atom stereocenters. The number of ether oxygens (including phenoxy) is 1. The number of rotatable bonds is 8. The van der Waals surface area contributed by atoms with Gasteiger partial charge in [-0.2, -0.15) is 0 Å².